The molecule has 1 aliphatic heterocycles. The van der Waals surface area contributed by atoms with Crippen LogP contribution in [0.4, 0.5) is 11.4 Å². The molecule has 0 spiro atoms. The lowest BCUT2D eigenvalue weighted by molar-refractivity contribution is -0.384. The van der Waals surface area contributed by atoms with Gasteiger partial charge in [0.15, 0.2) is 5.65 Å². The normalized spacial score (nSPS) is 18.1. The maximum Gasteiger partial charge on any atom is 0.269 e. The first-order chi connectivity index (χ1) is 15.0. The molecule has 3 heterocycles. The predicted molar refractivity (Wildman–Crippen MR) is 118 cm³/mol. The molecule has 0 saturated carbocycles. The van der Waals surface area contributed by atoms with Crippen molar-refractivity contribution in [2.24, 2.45) is 0 Å². The van der Waals surface area contributed by atoms with Gasteiger partial charge in [-0.05, 0) is 42.0 Å². The number of β-lactam (4-membered cyclic amide) rings is 1. The van der Waals surface area contributed by atoms with Crippen molar-refractivity contribution in [3.05, 3.63) is 94.7 Å². The molecular formula is C23H15ClN4O3. The van der Waals surface area contributed by atoms with E-state index in [9.17, 15) is 14.9 Å². The fourth-order valence-corrected chi connectivity index (χ4v) is 4.12. The minimum absolute atomic E-state index is 0.00574. The maximum atomic E-state index is 12.5. The Hall–Kier alpha value is -3.84. The number of benzene rings is 2. The van der Waals surface area contributed by atoms with Crippen molar-refractivity contribution in [1.29, 1.82) is 0 Å². The number of rotatable bonds is 4. The van der Waals surface area contributed by atoms with Crippen molar-refractivity contribution in [2.45, 2.75) is 11.4 Å². The molecule has 1 aliphatic rings. The van der Waals surface area contributed by atoms with Gasteiger partial charge < -0.3 is 4.90 Å². The molecule has 2 aromatic heterocycles. The number of carbonyl (C=O) groups excluding carboxylic acids is 1. The van der Waals surface area contributed by atoms with E-state index in [0.717, 1.165) is 22.2 Å². The molecule has 1 saturated heterocycles. The van der Waals surface area contributed by atoms with Gasteiger partial charge in [-0.25, -0.2) is 9.97 Å². The molecule has 0 bridgehead atoms. The molecule has 0 aliphatic carbocycles. The maximum absolute atomic E-state index is 12.5. The van der Waals surface area contributed by atoms with Crippen LogP contribution in [0.15, 0.2) is 79.0 Å². The summed E-state index contributed by atoms with van der Waals surface area (Å²) in [5.74, 6) is -0.203. The van der Waals surface area contributed by atoms with Crippen LogP contribution in [-0.4, -0.2) is 26.2 Å². The molecule has 8 heteroatoms. The summed E-state index contributed by atoms with van der Waals surface area (Å²) in [4.78, 5) is 33.4. The largest absolute Gasteiger partial charge is 0.302 e. The van der Waals surface area contributed by atoms with Crippen molar-refractivity contribution < 1.29 is 9.72 Å². The van der Waals surface area contributed by atoms with Crippen LogP contribution in [0.5, 0.6) is 0 Å². The lowest BCUT2D eigenvalue weighted by atomic mass is 9.92. The summed E-state index contributed by atoms with van der Waals surface area (Å²) < 4.78 is 0. The molecule has 7 nitrogen and oxygen atoms in total. The summed E-state index contributed by atoms with van der Waals surface area (Å²) in [5.41, 5.74) is 3.80. The second kappa shape index (κ2) is 7.45. The van der Waals surface area contributed by atoms with Crippen LogP contribution in [0.1, 0.15) is 11.6 Å². The van der Waals surface area contributed by atoms with Crippen molar-refractivity contribution in [1.82, 2.24) is 9.97 Å². The number of non-ortho nitro benzene ring substituents is 1. The van der Waals surface area contributed by atoms with Crippen LogP contribution in [0.2, 0.25) is 0 Å². The van der Waals surface area contributed by atoms with E-state index in [4.69, 9.17) is 11.6 Å². The number of alkyl halides is 1. The molecule has 5 rings (SSSR count). The SMILES string of the molecule is O=C1C(Cl)C(c2ccc([N+](=O)[O-])cc2)N1c1ccc(-c2ccc3cccnc3n2)cc1. The number of nitro benzene ring substituents is 1. The zero-order valence-electron chi connectivity index (χ0n) is 16.1. The summed E-state index contributed by atoms with van der Waals surface area (Å²) in [6, 6.07) is 20.9. The van der Waals surface area contributed by atoms with E-state index in [1.54, 1.807) is 23.2 Å². The molecule has 2 atom stereocenters. The van der Waals surface area contributed by atoms with Gasteiger partial charge in [-0.2, -0.15) is 0 Å². The molecule has 0 N–H and O–H groups in total. The van der Waals surface area contributed by atoms with E-state index in [0.29, 0.717) is 11.3 Å². The number of hydrogen-bond donors (Lipinski definition) is 0. The highest BCUT2D eigenvalue weighted by atomic mass is 35.5. The first-order valence-corrected chi connectivity index (χ1v) is 10.0. The lowest BCUT2D eigenvalue weighted by Gasteiger charge is -2.44. The Balaban J connectivity index is 1.43. The zero-order valence-corrected chi connectivity index (χ0v) is 16.8. The summed E-state index contributed by atoms with van der Waals surface area (Å²) >= 11 is 6.29. The summed E-state index contributed by atoms with van der Waals surface area (Å²) in [6.07, 6.45) is 1.71. The van der Waals surface area contributed by atoms with Gasteiger partial charge in [0.1, 0.15) is 5.38 Å². The van der Waals surface area contributed by atoms with Gasteiger partial charge in [-0.15, -0.1) is 11.6 Å². The molecule has 31 heavy (non-hydrogen) atoms. The Kier molecular flexibility index (Phi) is 4.60. The molecule has 0 radical (unpaired) electrons. The van der Waals surface area contributed by atoms with E-state index in [1.165, 1.54) is 12.1 Å². The molecule has 1 amide bonds. The highest BCUT2D eigenvalue weighted by Gasteiger charge is 2.47. The van der Waals surface area contributed by atoms with Gasteiger partial charge in [0.2, 0.25) is 5.91 Å². The minimum atomic E-state index is -0.714. The molecule has 2 unspecified atom stereocenters. The second-order valence-corrected chi connectivity index (χ2v) is 7.67. The van der Waals surface area contributed by atoms with Crippen molar-refractivity contribution in [3.8, 4) is 11.3 Å². The van der Waals surface area contributed by atoms with E-state index < -0.39 is 10.3 Å². The third-order valence-corrected chi connectivity index (χ3v) is 5.80. The number of anilines is 1. The Morgan fingerprint density at radius 2 is 1.71 bits per heavy atom. The van der Waals surface area contributed by atoms with Crippen LogP contribution in [0.25, 0.3) is 22.3 Å². The number of amides is 1. The average Bonchev–Trinajstić information content (AvgIpc) is 2.81. The van der Waals surface area contributed by atoms with Gasteiger partial charge in [-0.1, -0.05) is 24.3 Å². The van der Waals surface area contributed by atoms with Crippen LogP contribution in [0, 0.1) is 10.1 Å². The topological polar surface area (TPSA) is 89.2 Å². The second-order valence-electron chi connectivity index (χ2n) is 7.20. The number of hydrogen-bond acceptors (Lipinski definition) is 5. The van der Waals surface area contributed by atoms with Crippen LogP contribution in [0.3, 0.4) is 0 Å². The number of pyridine rings is 2. The van der Waals surface area contributed by atoms with Crippen LogP contribution >= 0.6 is 11.6 Å². The van der Waals surface area contributed by atoms with Crippen LogP contribution < -0.4 is 4.90 Å². The molecular weight excluding hydrogens is 416 g/mol. The highest BCUT2D eigenvalue weighted by Crippen LogP contribution is 2.42. The monoisotopic (exact) mass is 430 g/mol. The van der Waals surface area contributed by atoms with E-state index in [2.05, 4.69) is 9.97 Å². The smallest absolute Gasteiger partial charge is 0.269 e. The highest BCUT2D eigenvalue weighted by molar-refractivity contribution is 6.37. The number of fused-ring (bicyclic) bond motifs is 1. The Morgan fingerprint density at radius 3 is 2.42 bits per heavy atom. The van der Waals surface area contributed by atoms with Gasteiger partial charge in [0, 0.05) is 35.0 Å². The summed E-state index contributed by atoms with van der Waals surface area (Å²) in [7, 11) is 0. The Labute approximate surface area is 182 Å². The molecule has 152 valence electrons. The first-order valence-electron chi connectivity index (χ1n) is 9.56. The number of carbonyl (C=O) groups is 1. The number of halogens is 1. The predicted octanol–water partition coefficient (Wildman–Crippen LogP) is 4.90. The minimum Gasteiger partial charge on any atom is -0.302 e. The Morgan fingerprint density at radius 1 is 0.968 bits per heavy atom. The fraction of sp³-hybridized carbons (Fsp3) is 0.0870. The van der Waals surface area contributed by atoms with Gasteiger partial charge in [0.25, 0.3) is 5.69 Å². The standard InChI is InChI=1S/C23H15ClN4O3/c24-20-21(15-5-10-18(11-6-15)28(30)31)27(23(20)29)17-8-3-14(4-9-17)19-12-7-16-2-1-13-25-22(16)26-19/h1-13,20-21H. The number of nitro groups is 1. The van der Waals surface area contributed by atoms with Gasteiger partial charge in [-0.3, -0.25) is 14.9 Å². The number of aromatic nitrogens is 2. The van der Waals surface area contributed by atoms with E-state index in [1.807, 2.05) is 48.5 Å². The summed E-state index contributed by atoms with van der Waals surface area (Å²) in [6.45, 7) is 0. The third kappa shape index (κ3) is 3.29. The average molecular weight is 431 g/mol. The Bertz CT molecular complexity index is 1310. The van der Waals surface area contributed by atoms with E-state index in [-0.39, 0.29) is 17.6 Å². The zero-order chi connectivity index (χ0) is 21.5. The third-order valence-electron chi connectivity index (χ3n) is 5.38. The van der Waals surface area contributed by atoms with Crippen molar-refractivity contribution in [3.63, 3.8) is 0 Å². The van der Waals surface area contributed by atoms with Crippen molar-refractivity contribution in [2.75, 3.05) is 4.90 Å². The van der Waals surface area contributed by atoms with Crippen molar-refractivity contribution >= 4 is 39.9 Å². The lowest BCUT2D eigenvalue weighted by Crippen LogP contribution is -2.56. The number of nitrogens with zero attached hydrogens (tertiary/aromatic N) is 4. The first kappa shape index (κ1) is 19.1. The van der Waals surface area contributed by atoms with Crippen LogP contribution in [-0.2, 0) is 4.79 Å². The van der Waals surface area contributed by atoms with E-state index >= 15 is 0 Å². The molecule has 4 aromatic rings. The quantitative estimate of drug-likeness (QED) is 0.199. The summed E-state index contributed by atoms with van der Waals surface area (Å²) in [5, 5.41) is 11.1. The molecule has 2 aromatic carbocycles. The van der Waals surface area contributed by atoms with Gasteiger partial charge in [0.05, 0.1) is 16.7 Å². The van der Waals surface area contributed by atoms with Gasteiger partial charge >= 0.3 is 0 Å². The fourth-order valence-electron chi connectivity index (χ4n) is 3.76. The molecule has 1 fully saturated rings.